The lowest BCUT2D eigenvalue weighted by molar-refractivity contribution is 0.120. The monoisotopic (exact) mass is 177 g/mol. The Bertz CT molecular complexity index is 328. The number of nitrogens with zero attached hydrogens (tertiary/aromatic N) is 3. The number of hydrogen-bond acceptors (Lipinski definition) is 2. The maximum atomic E-state index is 11.8. The fourth-order valence-corrected chi connectivity index (χ4v) is 0.846. The number of hydrogen-bond donors (Lipinski definition) is 0. The quantitative estimate of drug-likeness (QED) is 0.645. The van der Waals surface area contributed by atoms with E-state index in [0.29, 0.717) is 5.82 Å². The minimum Gasteiger partial charge on any atom is -0.282 e. The van der Waals surface area contributed by atoms with Crippen LogP contribution in [0.5, 0.6) is 0 Å². The van der Waals surface area contributed by atoms with Gasteiger partial charge >= 0.3 is 5.69 Å². The van der Waals surface area contributed by atoms with Crippen LogP contribution in [-0.4, -0.2) is 20.8 Å². The fourth-order valence-electron chi connectivity index (χ4n) is 0.846. The van der Waals surface area contributed by atoms with Crippen molar-refractivity contribution in [2.24, 2.45) is 7.05 Å². The third-order valence-corrected chi connectivity index (χ3v) is 1.57. The van der Waals surface area contributed by atoms with Gasteiger partial charge in [0, 0.05) is 7.05 Å². The van der Waals surface area contributed by atoms with E-state index < -0.39 is 18.7 Å². The summed E-state index contributed by atoms with van der Waals surface area (Å²) in [6.45, 7) is 0.948. The largest absolute Gasteiger partial charge is 0.345 e. The first kappa shape index (κ1) is 8.89. The first-order valence-electron chi connectivity index (χ1n) is 3.41. The zero-order valence-electron chi connectivity index (χ0n) is 6.79. The van der Waals surface area contributed by atoms with Crippen LogP contribution in [0.25, 0.3) is 0 Å². The molecule has 0 amide bonds. The van der Waals surface area contributed by atoms with Crippen LogP contribution >= 0.6 is 0 Å². The second-order valence-corrected chi connectivity index (χ2v) is 2.46. The van der Waals surface area contributed by atoms with E-state index in [1.165, 1.54) is 11.6 Å². The Morgan fingerprint density at radius 1 is 1.58 bits per heavy atom. The third kappa shape index (κ3) is 1.51. The smallest absolute Gasteiger partial charge is 0.282 e. The van der Waals surface area contributed by atoms with Crippen molar-refractivity contribution >= 4 is 0 Å². The van der Waals surface area contributed by atoms with Gasteiger partial charge in [-0.3, -0.25) is 4.57 Å². The van der Waals surface area contributed by atoms with Crippen molar-refractivity contribution in [2.45, 2.75) is 19.9 Å². The molecule has 0 N–H and O–H groups in total. The van der Waals surface area contributed by atoms with Crippen molar-refractivity contribution in [3.8, 4) is 0 Å². The average molecular weight is 177 g/mol. The fraction of sp³-hybridized carbons (Fsp3) is 0.667. The van der Waals surface area contributed by atoms with Gasteiger partial charge in [-0.25, -0.2) is 18.3 Å². The minimum atomic E-state index is -2.54. The van der Waals surface area contributed by atoms with Gasteiger partial charge < -0.3 is 0 Å². The zero-order chi connectivity index (χ0) is 9.30. The molecule has 1 heterocycles. The Morgan fingerprint density at radius 3 is 2.50 bits per heavy atom. The molecule has 0 bridgehead atoms. The lowest BCUT2D eigenvalue weighted by Gasteiger charge is -1.95. The van der Waals surface area contributed by atoms with Crippen molar-refractivity contribution in [3.63, 3.8) is 0 Å². The summed E-state index contributed by atoms with van der Waals surface area (Å²) in [5.41, 5.74) is -0.507. The highest BCUT2D eigenvalue weighted by molar-refractivity contribution is 4.81. The second-order valence-electron chi connectivity index (χ2n) is 2.46. The molecular formula is C6H9F2N3O. The van der Waals surface area contributed by atoms with Crippen molar-refractivity contribution in [1.29, 1.82) is 0 Å². The average Bonchev–Trinajstić information content (AvgIpc) is 2.17. The van der Waals surface area contributed by atoms with Crippen LogP contribution in [0.15, 0.2) is 4.79 Å². The van der Waals surface area contributed by atoms with E-state index >= 15 is 0 Å². The lowest BCUT2D eigenvalue weighted by Crippen LogP contribution is -2.25. The number of rotatable bonds is 2. The van der Waals surface area contributed by atoms with Crippen molar-refractivity contribution in [2.75, 3.05) is 0 Å². The lowest BCUT2D eigenvalue weighted by atomic mass is 10.7. The predicted octanol–water partition coefficient (Wildman–Crippen LogP) is 0.155. The molecule has 0 spiro atoms. The maximum absolute atomic E-state index is 11.8. The second kappa shape index (κ2) is 3.04. The number of aryl methyl sites for hydroxylation is 1. The van der Waals surface area contributed by atoms with Crippen molar-refractivity contribution in [3.05, 3.63) is 16.3 Å². The molecule has 12 heavy (non-hydrogen) atoms. The van der Waals surface area contributed by atoms with Gasteiger partial charge in [0.05, 0.1) is 0 Å². The van der Waals surface area contributed by atoms with E-state index in [1.807, 2.05) is 0 Å². The Hall–Kier alpha value is -1.20. The molecule has 0 saturated carbocycles. The number of halogens is 2. The van der Waals surface area contributed by atoms with E-state index in [-0.39, 0.29) is 0 Å². The first-order valence-corrected chi connectivity index (χ1v) is 3.41. The summed E-state index contributed by atoms with van der Waals surface area (Å²) in [5.74, 6) is 0.431. The molecule has 0 unspecified atom stereocenters. The summed E-state index contributed by atoms with van der Waals surface area (Å²) in [6.07, 6.45) is -2.54. The van der Waals surface area contributed by atoms with E-state index in [0.717, 1.165) is 4.68 Å². The summed E-state index contributed by atoms with van der Waals surface area (Å²) in [4.78, 5) is 11.1. The summed E-state index contributed by atoms with van der Waals surface area (Å²) >= 11 is 0. The molecule has 0 aliphatic carbocycles. The van der Waals surface area contributed by atoms with Gasteiger partial charge in [0.1, 0.15) is 12.4 Å². The molecule has 4 nitrogen and oxygen atoms in total. The Morgan fingerprint density at radius 2 is 2.17 bits per heavy atom. The summed E-state index contributed by atoms with van der Waals surface area (Å²) in [5, 5.41) is 3.64. The molecule has 1 aromatic heterocycles. The van der Waals surface area contributed by atoms with Crippen LogP contribution in [0, 0.1) is 6.92 Å². The molecule has 0 aromatic carbocycles. The van der Waals surface area contributed by atoms with Crippen molar-refractivity contribution in [1.82, 2.24) is 14.3 Å². The van der Waals surface area contributed by atoms with Gasteiger partial charge in [0.15, 0.2) is 0 Å². The van der Waals surface area contributed by atoms with Crippen LogP contribution < -0.4 is 5.69 Å². The summed E-state index contributed by atoms with van der Waals surface area (Å²) in [7, 11) is 1.49. The van der Waals surface area contributed by atoms with Crippen LogP contribution in [0.1, 0.15) is 5.82 Å². The predicted molar refractivity (Wildman–Crippen MR) is 38.2 cm³/mol. The van der Waals surface area contributed by atoms with Crippen molar-refractivity contribution < 1.29 is 8.78 Å². The highest BCUT2D eigenvalue weighted by Crippen LogP contribution is 1.95. The molecular weight excluding hydrogens is 168 g/mol. The molecule has 0 aliphatic heterocycles. The highest BCUT2D eigenvalue weighted by Gasteiger charge is 2.10. The summed E-state index contributed by atoms with van der Waals surface area (Å²) < 4.78 is 25.7. The topological polar surface area (TPSA) is 39.8 Å². The van der Waals surface area contributed by atoms with Gasteiger partial charge in [-0.2, -0.15) is 5.10 Å². The highest BCUT2D eigenvalue weighted by atomic mass is 19.3. The molecule has 68 valence electrons. The molecule has 0 saturated heterocycles. The van der Waals surface area contributed by atoms with Gasteiger partial charge in [-0.15, -0.1) is 0 Å². The van der Waals surface area contributed by atoms with Crippen LogP contribution in [0.2, 0.25) is 0 Å². The van der Waals surface area contributed by atoms with E-state index in [2.05, 4.69) is 5.10 Å². The molecule has 0 radical (unpaired) electrons. The van der Waals surface area contributed by atoms with Gasteiger partial charge in [-0.1, -0.05) is 0 Å². The number of aromatic nitrogens is 3. The molecule has 0 atom stereocenters. The number of alkyl halides is 2. The molecule has 1 rings (SSSR count). The Kier molecular flexibility index (Phi) is 2.25. The van der Waals surface area contributed by atoms with E-state index in [9.17, 15) is 13.6 Å². The summed E-state index contributed by atoms with van der Waals surface area (Å²) in [6, 6.07) is 0. The third-order valence-electron chi connectivity index (χ3n) is 1.57. The minimum absolute atomic E-state index is 0.431. The van der Waals surface area contributed by atoms with Crippen LogP contribution in [0.3, 0.4) is 0 Å². The van der Waals surface area contributed by atoms with Gasteiger partial charge in [-0.05, 0) is 6.92 Å². The molecule has 6 heteroatoms. The normalized spacial score (nSPS) is 11.1. The zero-order valence-corrected chi connectivity index (χ0v) is 6.79. The van der Waals surface area contributed by atoms with Gasteiger partial charge in [0.2, 0.25) is 0 Å². The maximum Gasteiger partial charge on any atom is 0.345 e. The Balaban J connectivity index is 3.02. The standard InChI is InChI=1S/C6H9F2N3O/c1-4-9-11(3-5(7)8)6(12)10(4)2/h5H,3H2,1-2H3. The van der Waals surface area contributed by atoms with Gasteiger partial charge in [0.25, 0.3) is 6.43 Å². The molecule has 1 aromatic rings. The van der Waals surface area contributed by atoms with E-state index in [4.69, 9.17) is 0 Å². The molecule has 0 fully saturated rings. The first-order chi connectivity index (χ1) is 5.52. The Labute approximate surface area is 67.4 Å². The van der Waals surface area contributed by atoms with Crippen LogP contribution in [-0.2, 0) is 13.6 Å². The molecule has 0 aliphatic rings. The van der Waals surface area contributed by atoms with E-state index in [1.54, 1.807) is 6.92 Å². The van der Waals surface area contributed by atoms with Crippen LogP contribution in [0.4, 0.5) is 8.78 Å². The SMILES string of the molecule is Cc1nn(CC(F)F)c(=O)n1C.